The second-order valence-electron chi connectivity index (χ2n) is 5.21. The summed E-state index contributed by atoms with van der Waals surface area (Å²) >= 11 is 6.09. The maximum atomic E-state index is 12.2. The highest BCUT2D eigenvalue weighted by molar-refractivity contribution is 7.89. The van der Waals surface area contributed by atoms with Gasteiger partial charge in [-0.15, -0.1) is 0 Å². The van der Waals surface area contributed by atoms with Crippen LogP contribution in [0.4, 0.5) is 5.69 Å². The summed E-state index contributed by atoms with van der Waals surface area (Å²) in [6.07, 6.45) is 1.16. The lowest BCUT2D eigenvalue weighted by Crippen LogP contribution is -2.13. The predicted octanol–water partition coefficient (Wildman–Crippen LogP) is 3.45. The molecule has 0 unspecified atom stereocenters. The summed E-state index contributed by atoms with van der Waals surface area (Å²) in [5.41, 5.74) is 2.48. The minimum Gasteiger partial charge on any atom is -0.321 e. The van der Waals surface area contributed by atoms with E-state index < -0.39 is 9.84 Å². The van der Waals surface area contributed by atoms with Crippen molar-refractivity contribution in [3.05, 3.63) is 64.2 Å². The molecule has 0 heterocycles. The molecule has 0 aliphatic heterocycles. The van der Waals surface area contributed by atoms with Gasteiger partial charge in [-0.2, -0.15) is 0 Å². The molecule has 0 radical (unpaired) electrons. The van der Waals surface area contributed by atoms with Crippen LogP contribution in [0.3, 0.4) is 0 Å². The van der Waals surface area contributed by atoms with E-state index in [1.54, 1.807) is 36.4 Å². The van der Waals surface area contributed by atoms with E-state index in [4.69, 9.17) is 11.6 Å². The number of sulfone groups is 1. The Morgan fingerprint density at radius 3 is 2.55 bits per heavy atom. The van der Waals surface area contributed by atoms with Crippen LogP contribution in [-0.4, -0.2) is 20.6 Å². The number of halogens is 1. The van der Waals surface area contributed by atoms with Crippen LogP contribution in [0, 0.1) is 6.92 Å². The van der Waals surface area contributed by atoms with E-state index in [9.17, 15) is 13.2 Å². The van der Waals surface area contributed by atoms with Crippen molar-refractivity contribution >= 4 is 33.0 Å². The van der Waals surface area contributed by atoms with Gasteiger partial charge >= 0.3 is 0 Å². The number of anilines is 1. The lowest BCUT2D eigenvalue weighted by Gasteiger charge is -2.09. The molecule has 4 nitrogen and oxygen atoms in total. The largest absolute Gasteiger partial charge is 0.321 e. The number of rotatable bonds is 4. The van der Waals surface area contributed by atoms with E-state index in [-0.39, 0.29) is 11.7 Å². The SMILES string of the molecule is Cc1ccc(NC(=O)c2cccc(CS(C)(=O)=O)c2)c(Cl)c1. The van der Waals surface area contributed by atoms with Gasteiger partial charge in [-0.3, -0.25) is 4.79 Å². The Labute approximate surface area is 135 Å². The molecule has 0 bridgehead atoms. The standard InChI is InChI=1S/C16H16ClNO3S/c1-11-6-7-15(14(17)8-11)18-16(19)13-5-3-4-12(9-13)10-22(2,20)21/h3-9H,10H2,1-2H3,(H,18,19). The van der Waals surface area contributed by atoms with Crippen molar-refractivity contribution in [3.8, 4) is 0 Å². The third-order valence-corrected chi connectivity index (χ3v) is 4.16. The fourth-order valence-corrected chi connectivity index (χ4v) is 3.09. The van der Waals surface area contributed by atoms with Crippen LogP contribution in [0.15, 0.2) is 42.5 Å². The Morgan fingerprint density at radius 1 is 1.18 bits per heavy atom. The number of benzene rings is 2. The molecule has 2 rings (SSSR count). The van der Waals surface area contributed by atoms with Crippen LogP contribution in [-0.2, 0) is 15.6 Å². The molecule has 0 aliphatic rings. The highest BCUT2D eigenvalue weighted by atomic mass is 35.5. The van der Waals surface area contributed by atoms with E-state index >= 15 is 0 Å². The zero-order valence-corrected chi connectivity index (χ0v) is 13.8. The van der Waals surface area contributed by atoms with Crippen LogP contribution >= 0.6 is 11.6 Å². The van der Waals surface area contributed by atoms with Crippen LogP contribution < -0.4 is 5.32 Å². The molecule has 0 atom stereocenters. The number of carbonyl (C=O) groups excluding carboxylic acids is 1. The van der Waals surface area contributed by atoms with Gasteiger partial charge < -0.3 is 5.32 Å². The molecule has 0 saturated heterocycles. The lowest BCUT2D eigenvalue weighted by atomic mass is 10.1. The van der Waals surface area contributed by atoms with Gasteiger partial charge in [-0.1, -0.05) is 29.8 Å². The fourth-order valence-electron chi connectivity index (χ4n) is 2.02. The van der Waals surface area contributed by atoms with Crippen molar-refractivity contribution in [2.45, 2.75) is 12.7 Å². The molecule has 6 heteroatoms. The molecule has 0 spiro atoms. The Morgan fingerprint density at radius 2 is 1.91 bits per heavy atom. The van der Waals surface area contributed by atoms with Gasteiger partial charge in [0.05, 0.1) is 16.5 Å². The number of nitrogens with one attached hydrogen (secondary N) is 1. The second kappa shape index (κ2) is 6.50. The molecule has 0 fully saturated rings. The summed E-state index contributed by atoms with van der Waals surface area (Å²) in [6, 6.07) is 11.9. The monoisotopic (exact) mass is 337 g/mol. The first-order valence-corrected chi connectivity index (χ1v) is 9.02. The topological polar surface area (TPSA) is 63.2 Å². The molecule has 22 heavy (non-hydrogen) atoms. The fraction of sp³-hybridized carbons (Fsp3) is 0.188. The van der Waals surface area contributed by atoms with Crippen molar-refractivity contribution in [2.75, 3.05) is 11.6 Å². The summed E-state index contributed by atoms with van der Waals surface area (Å²) < 4.78 is 22.7. The van der Waals surface area contributed by atoms with Gasteiger partial charge in [-0.25, -0.2) is 8.42 Å². The molecule has 0 aliphatic carbocycles. The van der Waals surface area contributed by atoms with Gasteiger partial charge in [0.15, 0.2) is 9.84 Å². The number of hydrogen-bond donors (Lipinski definition) is 1. The molecule has 1 amide bonds. The van der Waals surface area contributed by atoms with E-state index in [2.05, 4.69) is 5.32 Å². The van der Waals surface area contributed by atoms with E-state index in [1.807, 2.05) is 13.0 Å². The lowest BCUT2D eigenvalue weighted by molar-refractivity contribution is 0.102. The molecule has 1 N–H and O–H groups in total. The maximum absolute atomic E-state index is 12.2. The quantitative estimate of drug-likeness (QED) is 0.929. The van der Waals surface area contributed by atoms with Crippen LogP contribution in [0.2, 0.25) is 5.02 Å². The van der Waals surface area contributed by atoms with Crippen molar-refractivity contribution in [1.82, 2.24) is 0 Å². The molecule has 0 aromatic heterocycles. The number of hydrogen-bond acceptors (Lipinski definition) is 3. The van der Waals surface area contributed by atoms with Gasteiger partial charge in [0.1, 0.15) is 0 Å². The summed E-state index contributed by atoms with van der Waals surface area (Å²) in [5, 5.41) is 3.18. The minimum absolute atomic E-state index is 0.0978. The first-order chi connectivity index (χ1) is 10.2. The average molecular weight is 338 g/mol. The Hall–Kier alpha value is -1.85. The zero-order chi connectivity index (χ0) is 16.3. The third kappa shape index (κ3) is 4.58. The Balaban J connectivity index is 2.21. The molecule has 2 aromatic rings. The van der Waals surface area contributed by atoms with E-state index in [0.29, 0.717) is 21.8 Å². The van der Waals surface area contributed by atoms with E-state index in [1.165, 1.54) is 0 Å². The zero-order valence-electron chi connectivity index (χ0n) is 12.3. The van der Waals surface area contributed by atoms with Gasteiger partial charge in [0, 0.05) is 11.8 Å². The number of carbonyl (C=O) groups is 1. The van der Waals surface area contributed by atoms with Gasteiger partial charge in [-0.05, 0) is 42.3 Å². The van der Waals surface area contributed by atoms with Crippen LogP contribution in [0.1, 0.15) is 21.5 Å². The van der Waals surface area contributed by atoms with Crippen LogP contribution in [0.25, 0.3) is 0 Å². The average Bonchev–Trinajstić information content (AvgIpc) is 2.40. The molecular weight excluding hydrogens is 322 g/mol. The van der Waals surface area contributed by atoms with E-state index in [0.717, 1.165) is 11.8 Å². The summed E-state index contributed by atoms with van der Waals surface area (Å²) in [4.78, 5) is 12.2. The summed E-state index contributed by atoms with van der Waals surface area (Å²) in [7, 11) is -3.14. The molecular formula is C16H16ClNO3S. The smallest absolute Gasteiger partial charge is 0.255 e. The van der Waals surface area contributed by atoms with Crippen molar-refractivity contribution in [2.24, 2.45) is 0 Å². The highest BCUT2D eigenvalue weighted by Gasteiger charge is 2.11. The van der Waals surface area contributed by atoms with Crippen LogP contribution in [0.5, 0.6) is 0 Å². The predicted molar refractivity (Wildman–Crippen MR) is 89.1 cm³/mol. The van der Waals surface area contributed by atoms with Crippen molar-refractivity contribution < 1.29 is 13.2 Å². The first kappa shape index (κ1) is 16.5. The molecule has 0 saturated carbocycles. The normalized spacial score (nSPS) is 11.2. The van der Waals surface area contributed by atoms with Gasteiger partial charge in [0.2, 0.25) is 0 Å². The number of aryl methyl sites for hydroxylation is 1. The van der Waals surface area contributed by atoms with Gasteiger partial charge in [0.25, 0.3) is 5.91 Å². The summed E-state index contributed by atoms with van der Waals surface area (Å²) in [6.45, 7) is 1.91. The van der Waals surface area contributed by atoms with Crippen molar-refractivity contribution in [1.29, 1.82) is 0 Å². The second-order valence-corrected chi connectivity index (χ2v) is 7.76. The Kier molecular flexibility index (Phi) is 4.88. The molecule has 2 aromatic carbocycles. The third-order valence-electron chi connectivity index (χ3n) is 2.99. The summed E-state index contributed by atoms with van der Waals surface area (Å²) in [5.74, 6) is -0.430. The number of amides is 1. The molecule has 116 valence electrons. The maximum Gasteiger partial charge on any atom is 0.255 e. The highest BCUT2D eigenvalue weighted by Crippen LogP contribution is 2.23. The first-order valence-electron chi connectivity index (χ1n) is 6.59. The minimum atomic E-state index is -3.14. The van der Waals surface area contributed by atoms with Crippen molar-refractivity contribution in [3.63, 3.8) is 0 Å². The Bertz CT molecular complexity index is 816.